The molecule has 0 saturated carbocycles. The van der Waals surface area contributed by atoms with Crippen LogP contribution in [-0.2, 0) is 23.6 Å². The van der Waals surface area contributed by atoms with Gasteiger partial charge in [-0.15, -0.1) is 0 Å². The molecule has 0 N–H and O–H groups in total. The molecular formula is C7H9F3O3S2. The molecule has 0 amide bonds. The topological polar surface area (TPSA) is 57.2 Å². The van der Waals surface area contributed by atoms with Gasteiger partial charge in [-0.1, -0.05) is 49.9 Å². The molecule has 0 fully saturated rings. The van der Waals surface area contributed by atoms with Gasteiger partial charge in [-0.2, -0.15) is 13.2 Å². The Balaban J connectivity index is 0. The summed E-state index contributed by atoms with van der Waals surface area (Å²) in [5.74, 6) is 0. The second-order valence-electron chi connectivity index (χ2n) is 2.05. The molecule has 1 aromatic rings. The van der Waals surface area contributed by atoms with E-state index >= 15 is 0 Å². The molecule has 3 nitrogen and oxygen atoms in total. The van der Waals surface area contributed by atoms with Crippen molar-refractivity contribution in [2.45, 2.75) is 5.51 Å². The normalized spacial score (nSPS) is 10.7. The maximum absolute atomic E-state index is 10.7. The van der Waals surface area contributed by atoms with Crippen molar-refractivity contribution in [3.05, 3.63) is 36.4 Å². The smallest absolute Gasteiger partial charge is 0.485 e. The standard InChI is InChI=1S/C6H6.CHF3O3S.H2S/c1-2-4-6-5-3-1;2-1(3,4)8(5,6)7;/h1-6H;(H,5,6,7);1H2. The van der Waals surface area contributed by atoms with E-state index in [1.165, 1.54) is 0 Å². The molecule has 0 aliphatic carbocycles. The Labute approximate surface area is 92.1 Å². The first kappa shape index (κ1) is 16.7. The summed E-state index contributed by atoms with van der Waals surface area (Å²) in [5.41, 5.74) is -5.65. The first-order valence-electron chi connectivity index (χ1n) is 3.27. The highest BCUT2D eigenvalue weighted by Gasteiger charge is 2.36. The first-order valence-corrected chi connectivity index (χ1v) is 4.68. The summed E-state index contributed by atoms with van der Waals surface area (Å²) < 4.78 is 58.9. The van der Waals surface area contributed by atoms with Crippen molar-refractivity contribution >= 4 is 23.6 Å². The highest BCUT2D eigenvalue weighted by Crippen LogP contribution is 2.20. The van der Waals surface area contributed by atoms with Crippen LogP contribution in [0.2, 0.25) is 0 Å². The molecule has 0 saturated heterocycles. The summed E-state index contributed by atoms with van der Waals surface area (Å²) in [6, 6.07) is 12.0. The van der Waals surface area contributed by atoms with Gasteiger partial charge in [0.25, 0.3) is 0 Å². The zero-order valence-corrected chi connectivity index (χ0v) is 9.28. The zero-order chi connectivity index (χ0) is 11.2. The van der Waals surface area contributed by atoms with Gasteiger partial charge in [-0.3, -0.25) is 0 Å². The quantitative estimate of drug-likeness (QED) is 0.397. The predicted molar refractivity (Wildman–Crippen MR) is 53.7 cm³/mol. The highest BCUT2D eigenvalue weighted by atomic mass is 32.2. The minimum Gasteiger partial charge on any atom is -0.741 e. The second-order valence-corrected chi connectivity index (χ2v) is 3.43. The molecule has 0 radical (unpaired) electrons. The van der Waals surface area contributed by atoms with Crippen molar-refractivity contribution < 1.29 is 26.1 Å². The molecule has 0 heterocycles. The van der Waals surface area contributed by atoms with Gasteiger partial charge in [-0.05, 0) is 0 Å². The van der Waals surface area contributed by atoms with Gasteiger partial charge in [0.05, 0.1) is 0 Å². The molecule has 0 spiro atoms. The van der Waals surface area contributed by atoms with Crippen LogP contribution < -0.4 is 0 Å². The minimum absolute atomic E-state index is 0. The van der Waals surface area contributed by atoms with E-state index in [0.717, 1.165) is 0 Å². The van der Waals surface area contributed by atoms with Crippen LogP contribution in [0.25, 0.3) is 0 Å². The fraction of sp³-hybridized carbons (Fsp3) is 0.143. The van der Waals surface area contributed by atoms with Gasteiger partial charge in [0, 0.05) is 0 Å². The molecule has 0 unspecified atom stereocenters. The van der Waals surface area contributed by atoms with E-state index in [2.05, 4.69) is 0 Å². The first-order chi connectivity index (χ1) is 6.25. The molecular weight excluding hydrogens is 253 g/mol. The third-order valence-corrected chi connectivity index (χ3v) is 1.52. The van der Waals surface area contributed by atoms with Crippen molar-refractivity contribution in [3.8, 4) is 0 Å². The molecule has 0 atom stereocenters. The summed E-state index contributed by atoms with van der Waals surface area (Å²) in [6.07, 6.45) is 0. The van der Waals surface area contributed by atoms with Crippen LogP contribution in [0.15, 0.2) is 36.4 Å². The van der Waals surface area contributed by atoms with Gasteiger partial charge in [-0.25, -0.2) is 8.42 Å². The van der Waals surface area contributed by atoms with Crippen molar-refractivity contribution in [1.82, 2.24) is 0 Å². The lowest BCUT2D eigenvalue weighted by Gasteiger charge is -2.08. The van der Waals surface area contributed by atoms with Crippen LogP contribution in [0.3, 0.4) is 0 Å². The molecule has 0 aliphatic rings. The van der Waals surface area contributed by atoms with E-state index in [1.807, 2.05) is 36.4 Å². The van der Waals surface area contributed by atoms with E-state index in [-0.39, 0.29) is 13.5 Å². The van der Waals surface area contributed by atoms with Crippen LogP contribution >= 0.6 is 0 Å². The Bertz CT molecular complexity index is 321. The number of benzene rings is 1. The summed E-state index contributed by atoms with van der Waals surface area (Å²) >= 11 is 0. The molecule has 8 heteroatoms. The van der Waals surface area contributed by atoms with Gasteiger partial charge in [0.15, 0.2) is 10.1 Å². The maximum Gasteiger partial charge on any atom is 0.485 e. The van der Waals surface area contributed by atoms with Crippen LogP contribution in [0.4, 0.5) is 13.2 Å². The number of halogens is 3. The Morgan fingerprint density at radius 1 is 0.867 bits per heavy atom. The van der Waals surface area contributed by atoms with Crippen molar-refractivity contribution in [1.29, 1.82) is 0 Å². The molecule has 1 aromatic carbocycles. The molecule has 88 valence electrons. The molecule has 1 rings (SSSR count). The maximum atomic E-state index is 10.7. The molecule has 15 heavy (non-hydrogen) atoms. The van der Waals surface area contributed by atoms with Gasteiger partial charge >= 0.3 is 5.51 Å². The summed E-state index contributed by atoms with van der Waals surface area (Å²) in [7, 11) is -6.09. The lowest BCUT2D eigenvalue weighted by molar-refractivity contribution is -0.0517. The number of alkyl halides is 3. The van der Waals surface area contributed by atoms with E-state index < -0.39 is 15.6 Å². The SMILES string of the molecule is O=S(=O)([O-])C(F)(F)F.[SH3+].c1ccccc1. The van der Waals surface area contributed by atoms with E-state index in [0.29, 0.717) is 0 Å². The molecule has 0 aliphatic heterocycles. The Morgan fingerprint density at radius 3 is 1.07 bits per heavy atom. The Hall–Kier alpha value is -0.730. The van der Waals surface area contributed by atoms with Crippen molar-refractivity contribution in [3.63, 3.8) is 0 Å². The number of hydrogen-bond donors (Lipinski definition) is 0. The third kappa shape index (κ3) is 8.28. The average molecular weight is 262 g/mol. The monoisotopic (exact) mass is 262 g/mol. The van der Waals surface area contributed by atoms with Crippen LogP contribution in [0.1, 0.15) is 0 Å². The largest absolute Gasteiger partial charge is 0.741 e. The predicted octanol–water partition coefficient (Wildman–Crippen LogP) is 0.933. The van der Waals surface area contributed by atoms with E-state index in [4.69, 9.17) is 13.0 Å². The summed E-state index contributed by atoms with van der Waals surface area (Å²) in [4.78, 5) is 0. The number of hydrogen-bond acceptors (Lipinski definition) is 3. The molecule has 0 bridgehead atoms. The third-order valence-electron chi connectivity index (χ3n) is 0.950. The van der Waals surface area contributed by atoms with E-state index in [1.54, 1.807) is 0 Å². The summed E-state index contributed by atoms with van der Waals surface area (Å²) in [5, 5.41) is 0. The van der Waals surface area contributed by atoms with Gasteiger partial charge < -0.3 is 4.55 Å². The highest BCUT2D eigenvalue weighted by molar-refractivity contribution is 7.86. The van der Waals surface area contributed by atoms with Gasteiger partial charge in [0.1, 0.15) is 0 Å². The lowest BCUT2D eigenvalue weighted by atomic mass is 10.4. The second kappa shape index (κ2) is 6.70. The Kier molecular flexibility index (Phi) is 7.45. The molecule has 0 aromatic heterocycles. The fourth-order valence-corrected chi connectivity index (χ4v) is 0.385. The Morgan fingerprint density at radius 2 is 1.00 bits per heavy atom. The number of rotatable bonds is 0. The van der Waals surface area contributed by atoms with Crippen molar-refractivity contribution in [2.24, 2.45) is 0 Å². The van der Waals surface area contributed by atoms with Crippen molar-refractivity contribution in [2.75, 3.05) is 0 Å². The zero-order valence-electron chi connectivity index (χ0n) is 7.31. The average Bonchev–Trinajstić information content (AvgIpc) is 2.05. The van der Waals surface area contributed by atoms with Crippen LogP contribution in [0, 0.1) is 0 Å². The van der Waals surface area contributed by atoms with E-state index in [9.17, 15) is 13.2 Å². The minimum atomic E-state index is -6.09. The van der Waals surface area contributed by atoms with Gasteiger partial charge in [0.2, 0.25) is 0 Å². The fourth-order valence-electron chi connectivity index (χ4n) is 0.385. The van der Waals surface area contributed by atoms with Crippen LogP contribution in [0.5, 0.6) is 0 Å². The summed E-state index contributed by atoms with van der Waals surface area (Å²) in [6.45, 7) is 0. The van der Waals surface area contributed by atoms with Crippen LogP contribution in [-0.4, -0.2) is 18.5 Å². The lowest BCUT2D eigenvalue weighted by Crippen LogP contribution is -2.21.